The highest BCUT2D eigenvalue weighted by molar-refractivity contribution is 6.31. The van der Waals surface area contributed by atoms with Crippen LogP contribution >= 0.6 is 11.6 Å². The van der Waals surface area contributed by atoms with Gasteiger partial charge >= 0.3 is 0 Å². The van der Waals surface area contributed by atoms with Crippen LogP contribution in [0.4, 0.5) is 0 Å². The zero-order valence-electron chi connectivity index (χ0n) is 9.11. The molecule has 2 aliphatic rings. The second-order valence-electron chi connectivity index (χ2n) is 4.31. The summed E-state index contributed by atoms with van der Waals surface area (Å²) in [5.41, 5.74) is 0.749. The number of guanidine groups is 1. The Morgan fingerprint density at radius 1 is 1.35 bits per heavy atom. The summed E-state index contributed by atoms with van der Waals surface area (Å²) in [4.78, 5) is 16.2. The predicted molar refractivity (Wildman–Crippen MR) is 65.9 cm³/mol. The summed E-state index contributed by atoms with van der Waals surface area (Å²) in [6.07, 6.45) is 2.29. The third-order valence-corrected chi connectivity index (χ3v) is 3.21. The Morgan fingerprint density at radius 3 is 2.82 bits per heavy atom. The monoisotopic (exact) mass is 249 g/mol. The third-order valence-electron chi connectivity index (χ3n) is 2.87. The van der Waals surface area contributed by atoms with Gasteiger partial charge in [-0.3, -0.25) is 10.1 Å². The van der Waals surface area contributed by atoms with E-state index in [-0.39, 0.29) is 5.91 Å². The normalized spacial score (nSPS) is 23.2. The van der Waals surface area contributed by atoms with Crippen molar-refractivity contribution in [3.63, 3.8) is 0 Å². The van der Waals surface area contributed by atoms with Crippen LogP contribution in [0.5, 0.6) is 0 Å². The molecule has 0 radical (unpaired) electrons. The number of hydrogen-bond acceptors (Lipinski definition) is 3. The Kier molecular flexibility index (Phi) is 2.52. The van der Waals surface area contributed by atoms with Gasteiger partial charge in [-0.2, -0.15) is 0 Å². The molecule has 1 aliphatic heterocycles. The summed E-state index contributed by atoms with van der Waals surface area (Å²) in [7, 11) is 0. The number of rotatable bonds is 2. The van der Waals surface area contributed by atoms with Crippen molar-refractivity contribution in [3.8, 4) is 0 Å². The van der Waals surface area contributed by atoms with Gasteiger partial charge in [-0.25, -0.2) is 4.99 Å². The van der Waals surface area contributed by atoms with Crippen molar-refractivity contribution in [2.24, 2.45) is 4.99 Å². The van der Waals surface area contributed by atoms with Crippen LogP contribution in [0.2, 0.25) is 5.02 Å². The Morgan fingerprint density at radius 2 is 2.12 bits per heavy atom. The molecule has 1 amide bonds. The second kappa shape index (κ2) is 4.04. The van der Waals surface area contributed by atoms with E-state index in [9.17, 15) is 4.79 Å². The van der Waals surface area contributed by atoms with Gasteiger partial charge in [0.05, 0.1) is 0 Å². The highest BCUT2D eigenvalue weighted by Crippen LogP contribution is 2.28. The molecule has 3 rings (SSSR count). The van der Waals surface area contributed by atoms with E-state index in [1.807, 2.05) is 18.2 Å². The fourth-order valence-electron chi connectivity index (χ4n) is 1.81. The lowest BCUT2D eigenvalue weighted by Crippen LogP contribution is -2.37. The summed E-state index contributed by atoms with van der Waals surface area (Å²) in [6.45, 7) is 0. The van der Waals surface area contributed by atoms with E-state index < -0.39 is 6.04 Å². The average Bonchev–Trinajstić information content (AvgIpc) is 3.03. The number of hydrogen-bond donors (Lipinski definition) is 2. The summed E-state index contributed by atoms with van der Waals surface area (Å²) in [6, 6.07) is 7.24. The maximum Gasteiger partial charge on any atom is 0.256 e. The van der Waals surface area contributed by atoms with E-state index >= 15 is 0 Å². The lowest BCUT2D eigenvalue weighted by atomic mass is 10.1. The van der Waals surface area contributed by atoms with Crippen molar-refractivity contribution < 1.29 is 4.79 Å². The van der Waals surface area contributed by atoms with Crippen molar-refractivity contribution in [1.82, 2.24) is 10.6 Å². The molecule has 2 N–H and O–H groups in total. The van der Waals surface area contributed by atoms with Gasteiger partial charge < -0.3 is 5.32 Å². The molecular formula is C12H12ClN3O. The zero-order valence-corrected chi connectivity index (χ0v) is 9.87. The number of benzene rings is 1. The first-order valence-corrected chi connectivity index (χ1v) is 6.01. The van der Waals surface area contributed by atoms with Crippen LogP contribution in [0.3, 0.4) is 0 Å². The topological polar surface area (TPSA) is 53.5 Å². The number of nitrogens with zero attached hydrogens (tertiary/aromatic N) is 1. The first-order chi connectivity index (χ1) is 8.24. The Balaban J connectivity index is 1.84. The van der Waals surface area contributed by atoms with Gasteiger partial charge in [-0.15, -0.1) is 0 Å². The fourth-order valence-corrected chi connectivity index (χ4v) is 2.05. The molecule has 1 aromatic carbocycles. The Hall–Kier alpha value is -1.55. The molecule has 0 aromatic heterocycles. The van der Waals surface area contributed by atoms with Crippen LogP contribution in [-0.4, -0.2) is 17.9 Å². The molecule has 0 spiro atoms. The number of halogens is 1. The molecule has 1 unspecified atom stereocenters. The molecule has 17 heavy (non-hydrogen) atoms. The molecule has 0 saturated heterocycles. The van der Waals surface area contributed by atoms with Crippen LogP contribution in [-0.2, 0) is 4.79 Å². The van der Waals surface area contributed by atoms with Crippen LogP contribution in [0.1, 0.15) is 24.4 Å². The third kappa shape index (κ3) is 2.13. The first-order valence-electron chi connectivity index (χ1n) is 5.63. The lowest BCUT2D eigenvalue weighted by Gasteiger charge is -2.06. The van der Waals surface area contributed by atoms with Crippen molar-refractivity contribution in [2.45, 2.75) is 24.9 Å². The summed E-state index contributed by atoms with van der Waals surface area (Å²) in [5.74, 6) is 0.448. The molecule has 5 heteroatoms. The van der Waals surface area contributed by atoms with Gasteiger partial charge in [-0.1, -0.05) is 29.8 Å². The fraction of sp³-hybridized carbons (Fsp3) is 0.333. The lowest BCUT2D eigenvalue weighted by molar-refractivity contribution is -0.120. The van der Waals surface area contributed by atoms with E-state index in [0.29, 0.717) is 17.0 Å². The molecule has 4 nitrogen and oxygen atoms in total. The maximum absolute atomic E-state index is 11.8. The molecule has 1 aliphatic carbocycles. The minimum atomic E-state index is -0.523. The van der Waals surface area contributed by atoms with Gasteiger partial charge in [0.1, 0.15) is 0 Å². The number of aliphatic imine (C=N–C) groups is 1. The molecule has 1 heterocycles. The number of amides is 1. The van der Waals surface area contributed by atoms with Gasteiger partial charge in [0.15, 0.2) is 12.0 Å². The number of carbonyl (C=O) groups is 1. The average molecular weight is 250 g/mol. The van der Waals surface area contributed by atoms with E-state index in [0.717, 1.165) is 18.4 Å². The van der Waals surface area contributed by atoms with Crippen LogP contribution in [0.25, 0.3) is 0 Å². The zero-order chi connectivity index (χ0) is 11.8. The first kappa shape index (κ1) is 10.6. The van der Waals surface area contributed by atoms with E-state index in [1.54, 1.807) is 6.07 Å². The number of carbonyl (C=O) groups excluding carboxylic acids is 1. The molecule has 1 fully saturated rings. The van der Waals surface area contributed by atoms with E-state index in [2.05, 4.69) is 15.6 Å². The Labute approximate surface area is 104 Å². The second-order valence-corrected chi connectivity index (χ2v) is 4.72. The summed E-state index contributed by atoms with van der Waals surface area (Å²) < 4.78 is 0. The molecule has 1 atom stereocenters. The van der Waals surface area contributed by atoms with Crippen molar-refractivity contribution in [1.29, 1.82) is 0 Å². The SMILES string of the molecule is O=C1NC(NC2CC2)=NC1c1ccccc1Cl. The van der Waals surface area contributed by atoms with Gasteiger partial charge in [0.25, 0.3) is 5.91 Å². The molecule has 0 bridgehead atoms. The minimum Gasteiger partial charge on any atom is -0.353 e. The van der Waals surface area contributed by atoms with Crippen molar-refractivity contribution in [3.05, 3.63) is 34.9 Å². The highest BCUT2D eigenvalue weighted by Gasteiger charge is 2.32. The quantitative estimate of drug-likeness (QED) is 0.837. The highest BCUT2D eigenvalue weighted by atomic mass is 35.5. The Bertz CT molecular complexity index is 496. The molecular weight excluding hydrogens is 238 g/mol. The van der Waals surface area contributed by atoms with Gasteiger partial charge in [0.2, 0.25) is 0 Å². The largest absolute Gasteiger partial charge is 0.353 e. The van der Waals surface area contributed by atoms with Gasteiger partial charge in [-0.05, 0) is 18.9 Å². The standard InChI is InChI=1S/C12H12ClN3O/c13-9-4-2-1-3-8(9)10-11(17)16-12(15-10)14-7-5-6-7/h1-4,7,10H,5-6H2,(H2,14,15,16,17). The van der Waals surface area contributed by atoms with E-state index in [4.69, 9.17) is 11.6 Å². The smallest absolute Gasteiger partial charge is 0.256 e. The minimum absolute atomic E-state index is 0.124. The van der Waals surface area contributed by atoms with Crippen LogP contribution in [0, 0.1) is 0 Å². The van der Waals surface area contributed by atoms with Crippen LogP contribution in [0.15, 0.2) is 29.3 Å². The van der Waals surface area contributed by atoms with Crippen LogP contribution < -0.4 is 10.6 Å². The summed E-state index contributed by atoms with van der Waals surface area (Å²) in [5, 5.41) is 6.49. The van der Waals surface area contributed by atoms with E-state index in [1.165, 1.54) is 0 Å². The van der Waals surface area contributed by atoms with Crippen molar-refractivity contribution in [2.75, 3.05) is 0 Å². The summed E-state index contributed by atoms with van der Waals surface area (Å²) >= 11 is 6.07. The van der Waals surface area contributed by atoms with Gasteiger partial charge in [0, 0.05) is 16.6 Å². The predicted octanol–water partition coefficient (Wildman–Crippen LogP) is 1.62. The van der Waals surface area contributed by atoms with Crippen molar-refractivity contribution >= 4 is 23.5 Å². The number of nitrogens with one attached hydrogen (secondary N) is 2. The molecule has 88 valence electrons. The molecule has 1 aromatic rings. The maximum atomic E-state index is 11.8. The molecule has 1 saturated carbocycles.